The molecule has 10 heavy (non-hydrogen) atoms. The third kappa shape index (κ3) is 1.61. The largest absolute Gasteiger partial charge is 0.467 e. The molecule has 1 rings (SSSR count). The van der Waals surface area contributed by atoms with Gasteiger partial charge in [-0.1, -0.05) is 13.3 Å². The van der Waals surface area contributed by atoms with Crippen molar-refractivity contribution in [1.82, 2.24) is 0 Å². The van der Waals surface area contributed by atoms with Gasteiger partial charge in [0.2, 0.25) is 0 Å². The molecule has 1 heterocycles. The van der Waals surface area contributed by atoms with E-state index in [1.165, 1.54) is 0 Å². The predicted molar refractivity (Wildman–Crippen MR) is 38.6 cm³/mol. The molecule has 1 atom stereocenters. The Labute approximate surface area is 60.5 Å². The lowest BCUT2D eigenvalue weighted by Gasteiger charge is -2.03. The first-order valence-electron chi connectivity index (χ1n) is 3.56. The molecule has 0 saturated heterocycles. The van der Waals surface area contributed by atoms with E-state index >= 15 is 0 Å². The van der Waals surface area contributed by atoms with Gasteiger partial charge < -0.3 is 9.52 Å². The van der Waals surface area contributed by atoms with Crippen molar-refractivity contribution in [2.45, 2.75) is 25.9 Å². The van der Waals surface area contributed by atoms with Gasteiger partial charge in [-0.25, -0.2) is 0 Å². The lowest BCUT2D eigenvalue weighted by atomic mass is 10.2. The van der Waals surface area contributed by atoms with Crippen molar-refractivity contribution in [2.24, 2.45) is 0 Å². The number of hydrogen-bond donors (Lipinski definition) is 1. The van der Waals surface area contributed by atoms with Crippen LogP contribution in [0.4, 0.5) is 0 Å². The molecule has 0 spiro atoms. The monoisotopic (exact) mass is 140 g/mol. The van der Waals surface area contributed by atoms with Crippen LogP contribution in [0.5, 0.6) is 0 Å². The fourth-order valence-corrected chi connectivity index (χ4v) is 0.897. The lowest BCUT2D eigenvalue weighted by Crippen LogP contribution is -1.93. The fourth-order valence-electron chi connectivity index (χ4n) is 0.897. The number of rotatable bonds is 3. The maximum absolute atomic E-state index is 9.32. The highest BCUT2D eigenvalue weighted by Gasteiger charge is 2.07. The quantitative estimate of drug-likeness (QED) is 0.697. The third-order valence-corrected chi connectivity index (χ3v) is 1.43. The summed E-state index contributed by atoms with van der Waals surface area (Å²) >= 11 is 0. The molecule has 56 valence electrons. The summed E-state index contributed by atoms with van der Waals surface area (Å²) in [6.07, 6.45) is 2.91. The number of hydrogen-bond acceptors (Lipinski definition) is 2. The third-order valence-electron chi connectivity index (χ3n) is 1.43. The van der Waals surface area contributed by atoms with E-state index in [0.717, 1.165) is 12.8 Å². The Hall–Kier alpha value is -0.760. The Bertz CT molecular complexity index is 167. The van der Waals surface area contributed by atoms with Crippen LogP contribution in [0.15, 0.2) is 22.8 Å². The van der Waals surface area contributed by atoms with Gasteiger partial charge in [0.05, 0.1) is 6.26 Å². The molecular formula is C8H12O2. The van der Waals surface area contributed by atoms with Gasteiger partial charge in [-0.3, -0.25) is 0 Å². The maximum Gasteiger partial charge on any atom is 0.132 e. The number of aliphatic hydroxyl groups is 1. The summed E-state index contributed by atoms with van der Waals surface area (Å²) < 4.78 is 5.00. The van der Waals surface area contributed by atoms with Crippen molar-refractivity contribution in [3.63, 3.8) is 0 Å². The normalized spacial score (nSPS) is 13.4. The van der Waals surface area contributed by atoms with Crippen LogP contribution in [0.1, 0.15) is 31.6 Å². The molecule has 2 nitrogen and oxygen atoms in total. The summed E-state index contributed by atoms with van der Waals surface area (Å²) in [5.74, 6) is 0.668. The summed E-state index contributed by atoms with van der Waals surface area (Å²) in [5, 5.41) is 9.32. The van der Waals surface area contributed by atoms with Crippen LogP contribution >= 0.6 is 0 Å². The summed E-state index contributed by atoms with van der Waals surface area (Å²) in [4.78, 5) is 0. The molecule has 2 heteroatoms. The van der Waals surface area contributed by atoms with Gasteiger partial charge in [-0.2, -0.15) is 0 Å². The second-order valence-corrected chi connectivity index (χ2v) is 2.32. The van der Waals surface area contributed by atoms with Gasteiger partial charge >= 0.3 is 0 Å². The Morgan fingerprint density at radius 3 is 3.00 bits per heavy atom. The Balaban J connectivity index is 2.50. The van der Waals surface area contributed by atoms with E-state index in [1.807, 2.05) is 6.92 Å². The Kier molecular flexibility index (Phi) is 2.51. The van der Waals surface area contributed by atoms with Crippen molar-refractivity contribution in [2.75, 3.05) is 0 Å². The molecule has 0 aliphatic carbocycles. The molecule has 0 aliphatic heterocycles. The molecule has 0 fully saturated rings. The predicted octanol–water partition coefficient (Wildman–Crippen LogP) is 2.11. The highest BCUT2D eigenvalue weighted by molar-refractivity contribution is 5.01. The van der Waals surface area contributed by atoms with E-state index in [2.05, 4.69) is 0 Å². The second kappa shape index (κ2) is 3.42. The zero-order valence-corrected chi connectivity index (χ0v) is 6.08. The zero-order valence-electron chi connectivity index (χ0n) is 6.08. The first kappa shape index (κ1) is 7.35. The van der Waals surface area contributed by atoms with Crippen LogP contribution in [-0.4, -0.2) is 5.11 Å². The first-order chi connectivity index (χ1) is 4.84. The molecule has 0 amide bonds. The van der Waals surface area contributed by atoms with E-state index in [4.69, 9.17) is 4.42 Å². The highest BCUT2D eigenvalue weighted by Crippen LogP contribution is 2.17. The molecule has 0 aliphatic rings. The molecule has 0 radical (unpaired) electrons. The summed E-state index contributed by atoms with van der Waals surface area (Å²) in [7, 11) is 0. The van der Waals surface area contributed by atoms with Crippen molar-refractivity contribution in [3.05, 3.63) is 24.2 Å². The molecule has 1 aromatic rings. The molecule has 0 aromatic carbocycles. The van der Waals surface area contributed by atoms with E-state index in [1.54, 1.807) is 18.4 Å². The van der Waals surface area contributed by atoms with Gasteiger partial charge in [-0.15, -0.1) is 0 Å². The van der Waals surface area contributed by atoms with Gasteiger partial charge in [0.25, 0.3) is 0 Å². The fraction of sp³-hybridized carbons (Fsp3) is 0.500. The van der Waals surface area contributed by atoms with Gasteiger partial charge in [0.1, 0.15) is 11.9 Å². The maximum atomic E-state index is 9.32. The number of furan rings is 1. The minimum atomic E-state index is -0.417. The van der Waals surface area contributed by atoms with Gasteiger partial charge in [0, 0.05) is 0 Å². The average Bonchev–Trinajstić information content (AvgIpc) is 2.38. The minimum absolute atomic E-state index is 0.417. The van der Waals surface area contributed by atoms with Crippen molar-refractivity contribution in [1.29, 1.82) is 0 Å². The topological polar surface area (TPSA) is 33.4 Å². The minimum Gasteiger partial charge on any atom is -0.467 e. The Morgan fingerprint density at radius 2 is 2.50 bits per heavy atom. The van der Waals surface area contributed by atoms with Gasteiger partial charge in [-0.05, 0) is 18.6 Å². The first-order valence-corrected chi connectivity index (χ1v) is 3.56. The molecule has 1 aromatic heterocycles. The molecule has 1 N–H and O–H groups in total. The van der Waals surface area contributed by atoms with Crippen molar-refractivity contribution < 1.29 is 9.52 Å². The summed E-state index contributed by atoms with van der Waals surface area (Å²) in [6, 6.07) is 3.58. The molecule has 0 saturated carbocycles. The SMILES string of the molecule is CCC[C@H](O)c1ccco1. The van der Waals surface area contributed by atoms with E-state index in [-0.39, 0.29) is 0 Å². The Morgan fingerprint density at radius 1 is 1.70 bits per heavy atom. The summed E-state index contributed by atoms with van der Waals surface area (Å²) in [5.41, 5.74) is 0. The van der Waals surface area contributed by atoms with Crippen LogP contribution in [0, 0.1) is 0 Å². The summed E-state index contributed by atoms with van der Waals surface area (Å²) in [6.45, 7) is 2.03. The van der Waals surface area contributed by atoms with E-state index < -0.39 is 6.10 Å². The smallest absolute Gasteiger partial charge is 0.132 e. The van der Waals surface area contributed by atoms with Crippen LogP contribution < -0.4 is 0 Å². The standard InChI is InChI=1S/C8H12O2/c1-2-4-7(9)8-5-3-6-10-8/h3,5-7,9H,2,4H2,1H3/t7-/m0/s1. The van der Waals surface area contributed by atoms with Gasteiger partial charge in [0.15, 0.2) is 0 Å². The van der Waals surface area contributed by atoms with E-state index in [0.29, 0.717) is 5.76 Å². The van der Waals surface area contributed by atoms with Crippen LogP contribution in [0.3, 0.4) is 0 Å². The highest BCUT2D eigenvalue weighted by atomic mass is 16.4. The van der Waals surface area contributed by atoms with Crippen LogP contribution in [0.2, 0.25) is 0 Å². The zero-order chi connectivity index (χ0) is 7.40. The number of aliphatic hydroxyl groups excluding tert-OH is 1. The lowest BCUT2D eigenvalue weighted by molar-refractivity contribution is 0.139. The molecule has 0 unspecified atom stereocenters. The molecule has 0 bridgehead atoms. The van der Waals surface area contributed by atoms with E-state index in [9.17, 15) is 5.11 Å². The second-order valence-electron chi connectivity index (χ2n) is 2.32. The van der Waals surface area contributed by atoms with Crippen molar-refractivity contribution >= 4 is 0 Å². The van der Waals surface area contributed by atoms with Crippen molar-refractivity contribution in [3.8, 4) is 0 Å². The average molecular weight is 140 g/mol. The molecular weight excluding hydrogens is 128 g/mol. The van der Waals surface area contributed by atoms with Crippen LogP contribution in [0.25, 0.3) is 0 Å². The van der Waals surface area contributed by atoms with Crippen LogP contribution in [-0.2, 0) is 0 Å².